The summed E-state index contributed by atoms with van der Waals surface area (Å²) in [4.78, 5) is 2.48. The van der Waals surface area contributed by atoms with Crippen LogP contribution in [0, 0.1) is 17.8 Å². The summed E-state index contributed by atoms with van der Waals surface area (Å²) in [6.07, 6.45) is 7.38. The summed E-state index contributed by atoms with van der Waals surface area (Å²) >= 11 is 0. The molecule has 0 aromatic heterocycles. The molecule has 0 aromatic rings. The summed E-state index contributed by atoms with van der Waals surface area (Å²) in [5, 5.41) is 3.99. The SMILES string of the molecule is CC1CN(C)CCC1NC1CC2CCC1C2. The lowest BCUT2D eigenvalue weighted by molar-refractivity contribution is 0.155. The highest BCUT2D eigenvalue weighted by Crippen LogP contribution is 2.44. The van der Waals surface area contributed by atoms with Crippen LogP contribution in [-0.4, -0.2) is 37.1 Å². The van der Waals surface area contributed by atoms with Crippen molar-refractivity contribution in [1.29, 1.82) is 0 Å². The van der Waals surface area contributed by atoms with Crippen LogP contribution in [0.5, 0.6) is 0 Å². The quantitative estimate of drug-likeness (QED) is 0.770. The van der Waals surface area contributed by atoms with Gasteiger partial charge in [-0.1, -0.05) is 13.3 Å². The monoisotopic (exact) mass is 222 g/mol. The molecule has 3 fully saturated rings. The molecule has 2 aliphatic carbocycles. The Labute approximate surface area is 99.8 Å². The van der Waals surface area contributed by atoms with E-state index in [9.17, 15) is 0 Å². The molecule has 1 N–H and O–H groups in total. The van der Waals surface area contributed by atoms with Gasteiger partial charge in [-0.15, -0.1) is 0 Å². The fourth-order valence-electron chi connectivity index (χ4n) is 4.33. The second-order valence-electron chi connectivity index (χ2n) is 6.58. The van der Waals surface area contributed by atoms with Crippen LogP contribution in [0.1, 0.15) is 39.0 Å². The van der Waals surface area contributed by atoms with E-state index in [1.807, 2.05) is 0 Å². The molecule has 3 aliphatic rings. The minimum Gasteiger partial charge on any atom is -0.311 e. The lowest BCUT2D eigenvalue weighted by Gasteiger charge is -2.38. The molecule has 0 amide bonds. The second kappa shape index (κ2) is 4.30. The highest BCUT2D eigenvalue weighted by molar-refractivity contribution is 4.96. The van der Waals surface area contributed by atoms with Gasteiger partial charge in [0, 0.05) is 18.6 Å². The predicted molar refractivity (Wildman–Crippen MR) is 67.4 cm³/mol. The van der Waals surface area contributed by atoms with Crippen molar-refractivity contribution in [1.82, 2.24) is 10.2 Å². The Hall–Kier alpha value is -0.0800. The average molecular weight is 222 g/mol. The topological polar surface area (TPSA) is 15.3 Å². The first-order valence-electron chi connectivity index (χ1n) is 7.17. The van der Waals surface area contributed by atoms with Gasteiger partial charge in [0.15, 0.2) is 0 Å². The number of hydrogen-bond donors (Lipinski definition) is 1. The number of hydrogen-bond acceptors (Lipinski definition) is 2. The van der Waals surface area contributed by atoms with Gasteiger partial charge in [0.05, 0.1) is 0 Å². The molecule has 2 bridgehead atoms. The van der Waals surface area contributed by atoms with E-state index in [0.717, 1.165) is 29.8 Å². The largest absolute Gasteiger partial charge is 0.311 e. The molecular weight excluding hydrogens is 196 g/mol. The Balaban J connectivity index is 1.55. The molecular formula is C14H26N2. The van der Waals surface area contributed by atoms with Crippen LogP contribution < -0.4 is 5.32 Å². The summed E-state index contributed by atoms with van der Waals surface area (Å²) < 4.78 is 0. The van der Waals surface area contributed by atoms with E-state index in [2.05, 4.69) is 24.2 Å². The van der Waals surface area contributed by atoms with E-state index in [1.165, 1.54) is 45.2 Å². The molecule has 1 aliphatic heterocycles. The van der Waals surface area contributed by atoms with Crippen LogP contribution in [0.15, 0.2) is 0 Å². The highest BCUT2D eigenvalue weighted by Gasteiger charge is 2.40. The minimum atomic E-state index is 0.792. The summed E-state index contributed by atoms with van der Waals surface area (Å²) in [6.45, 7) is 4.97. The molecule has 2 saturated carbocycles. The van der Waals surface area contributed by atoms with E-state index in [1.54, 1.807) is 0 Å². The van der Waals surface area contributed by atoms with Crippen molar-refractivity contribution in [2.24, 2.45) is 17.8 Å². The third-order valence-electron chi connectivity index (χ3n) is 5.27. The van der Waals surface area contributed by atoms with E-state index in [4.69, 9.17) is 0 Å². The summed E-state index contributed by atoms with van der Waals surface area (Å²) in [7, 11) is 2.25. The summed E-state index contributed by atoms with van der Waals surface area (Å²) in [5.74, 6) is 2.93. The molecule has 2 heteroatoms. The number of fused-ring (bicyclic) bond motifs is 2. The van der Waals surface area contributed by atoms with Crippen molar-refractivity contribution >= 4 is 0 Å². The molecule has 0 aromatic carbocycles. The minimum absolute atomic E-state index is 0.792. The van der Waals surface area contributed by atoms with Crippen LogP contribution in [0.4, 0.5) is 0 Å². The zero-order chi connectivity index (χ0) is 11.1. The van der Waals surface area contributed by atoms with E-state index < -0.39 is 0 Å². The maximum absolute atomic E-state index is 3.99. The van der Waals surface area contributed by atoms with Crippen molar-refractivity contribution in [3.05, 3.63) is 0 Å². The van der Waals surface area contributed by atoms with Crippen molar-refractivity contribution in [3.63, 3.8) is 0 Å². The van der Waals surface area contributed by atoms with Crippen LogP contribution >= 0.6 is 0 Å². The number of likely N-dealkylation sites (tertiary alicyclic amines) is 1. The third kappa shape index (κ3) is 2.02. The molecule has 0 radical (unpaired) electrons. The zero-order valence-electron chi connectivity index (χ0n) is 10.8. The Morgan fingerprint density at radius 1 is 1.06 bits per heavy atom. The lowest BCUT2D eigenvalue weighted by atomic mass is 9.89. The molecule has 1 heterocycles. The third-order valence-corrected chi connectivity index (χ3v) is 5.27. The number of nitrogens with one attached hydrogen (secondary N) is 1. The lowest BCUT2D eigenvalue weighted by Crippen LogP contribution is -2.51. The molecule has 1 saturated heterocycles. The first-order chi connectivity index (χ1) is 7.72. The Kier molecular flexibility index (Phi) is 2.97. The van der Waals surface area contributed by atoms with Gasteiger partial charge in [-0.05, 0) is 57.0 Å². The summed E-state index contributed by atoms with van der Waals surface area (Å²) in [5.41, 5.74) is 0. The fourth-order valence-corrected chi connectivity index (χ4v) is 4.33. The average Bonchev–Trinajstić information content (AvgIpc) is 2.84. The van der Waals surface area contributed by atoms with Crippen LogP contribution in [0.2, 0.25) is 0 Å². The van der Waals surface area contributed by atoms with Crippen LogP contribution in [0.3, 0.4) is 0 Å². The van der Waals surface area contributed by atoms with E-state index in [-0.39, 0.29) is 0 Å². The number of nitrogens with zero attached hydrogens (tertiary/aromatic N) is 1. The number of rotatable bonds is 2. The maximum atomic E-state index is 3.99. The standard InChI is InChI=1S/C14H26N2/c1-10-9-16(2)6-5-13(10)15-14-8-11-3-4-12(14)7-11/h10-15H,3-9H2,1-2H3. The van der Waals surface area contributed by atoms with E-state index >= 15 is 0 Å². The molecule has 2 nitrogen and oxygen atoms in total. The van der Waals surface area contributed by atoms with E-state index in [0.29, 0.717) is 0 Å². The first-order valence-corrected chi connectivity index (χ1v) is 7.17. The van der Waals surface area contributed by atoms with Gasteiger partial charge in [0.25, 0.3) is 0 Å². The molecule has 3 rings (SSSR count). The van der Waals surface area contributed by atoms with Gasteiger partial charge >= 0.3 is 0 Å². The smallest absolute Gasteiger partial charge is 0.0120 e. The van der Waals surface area contributed by atoms with Gasteiger partial charge in [0.1, 0.15) is 0 Å². The molecule has 92 valence electrons. The number of piperidine rings is 1. The Morgan fingerprint density at radius 2 is 1.94 bits per heavy atom. The van der Waals surface area contributed by atoms with Crippen molar-refractivity contribution in [2.45, 2.75) is 51.1 Å². The predicted octanol–water partition coefficient (Wildman–Crippen LogP) is 2.10. The van der Waals surface area contributed by atoms with Gasteiger partial charge < -0.3 is 10.2 Å². The normalized spacial score (nSPS) is 48.8. The second-order valence-corrected chi connectivity index (χ2v) is 6.58. The van der Waals surface area contributed by atoms with Crippen molar-refractivity contribution in [2.75, 3.05) is 20.1 Å². The molecule has 5 unspecified atom stereocenters. The van der Waals surface area contributed by atoms with Crippen molar-refractivity contribution in [3.8, 4) is 0 Å². The Morgan fingerprint density at radius 3 is 2.56 bits per heavy atom. The molecule has 5 atom stereocenters. The van der Waals surface area contributed by atoms with Crippen LogP contribution in [-0.2, 0) is 0 Å². The van der Waals surface area contributed by atoms with Gasteiger partial charge in [-0.2, -0.15) is 0 Å². The first kappa shape index (κ1) is 11.0. The molecule has 0 spiro atoms. The van der Waals surface area contributed by atoms with Crippen molar-refractivity contribution < 1.29 is 0 Å². The van der Waals surface area contributed by atoms with Gasteiger partial charge in [-0.25, -0.2) is 0 Å². The van der Waals surface area contributed by atoms with Crippen LogP contribution in [0.25, 0.3) is 0 Å². The van der Waals surface area contributed by atoms with Gasteiger partial charge in [0.2, 0.25) is 0 Å². The molecule has 16 heavy (non-hydrogen) atoms. The zero-order valence-corrected chi connectivity index (χ0v) is 10.8. The van der Waals surface area contributed by atoms with Gasteiger partial charge in [-0.3, -0.25) is 0 Å². The maximum Gasteiger partial charge on any atom is 0.0120 e. The fraction of sp³-hybridized carbons (Fsp3) is 1.00. The Bertz CT molecular complexity index is 253. The highest BCUT2D eigenvalue weighted by atomic mass is 15.1. The summed E-state index contributed by atoms with van der Waals surface area (Å²) in [6, 6.07) is 1.66.